The molecule has 1 atom stereocenters. The first-order chi connectivity index (χ1) is 16.4. The molecule has 0 aromatic heterocycles. The van der Waals surface area contributed by atoms with Gasteiger partial charge in [-0.25, -0.2) is 8.42 Å². The molecule has 0 saturated heterocycles. The first kappa shape index (κ1) is 28.9. The number of halogens is 2. The molecule has 10 heteroatoms. The molecule has 0 spiro atoms. The number of benzene rings is 2. The summed E-state index contributed by atoms with van der Waals surface area (Å²) in [6, 6.07) is 13.2. The number of nitrogens with zero attached hydrogens (tertiary/aromatic N) is 2. The van der Waals surface area contributed by atoms with Crippen molar-refractivity contribution in [2.24, 2.45) is 5.92 Å². The fourth-order valence-corrected chi connectivity index (χ4v) is 4.71. The summed E-state index contributed by atoms with van der Waals surface area (Å²) in [5.41, 5.74) is 1.22. The average Bonchev–Trinajstić information content (AvgIpc) is 2.80. The van der Waals surface area contributed by atoms with E-state index in [0.29, 0.717) is 19.4 Å². The largest absolute Gasteiger partial charge is 0.354 e. The van der Waals surface area contributed by atoms with Gasteiger partial charge in [-0.2, -0.15) is 0 Å². The summed E-state index contributed by atoms with van der Waals surface area (Å²) in [5.74, 6) is -0.493. The van der Waals surface area contributed by atoms with Gasteiger partial charge in [-0.05, 0) is 42.5 Å². The zero-order valence-corrected chi connectivity index (χ0v) is 22.8. The number of hydrogen-bond acceptors (Lipinski definition) is 4. The van der Waals surface area contributed by atoms with Crippen molar-refractivity contribution in [3.8, 4) is 0 Å². The Kier molecular flexibility index (Phi) is 10.9. The standard InChI is InChI=1S/C25H33Cl2N3O4S/c1-5-23(25(32)28-16-18(2)3)29(14-13-19-9-7-6-8-10-19)24(31)17-30(35(4,33)34)20-11-12-21(26)22(27)15-20/h6-12,15,18,23H,5,13-14,16-17H2,1-4H3,(H,28,32). The minimum absolute atomic E-state index is 0.172. The summed E-state index contributed by atoms with van der Waals surface area (Å²) in [5, 5.41) is 3.34. The summed E-state index contributed by atoms with van der Waals surface area (Å²) >= 11 is 12.1. The Labute approximate surface area is 218 Å². The third-order valence-electron chi connectivity index (χ3n) is 5.43. The number of carbonyl (C=O) groups excluding carboxylic acids is 2. The molecule has 35 heavy (non-hydrogen) atoms. The predicted molar refractivity (Wildman–Crippen MR) is 142 cm³/mol. The van der Waals surface area contributed by atoms with Crippen LogP contribution < -0.4 is 9.62 Å². The molecule has 0 fully saturated rings. The van der Waals surface area contributed by atoms with Crippen molar-refractivity contribution in [3.63, 3.8) is 0 Å². The van der Waals surface area contributed by atoms with Crippen molar-refractivity contribution in [3.05, 3.63) is 64.1 Å². The van der Waals surface area contributed by atoms with Crippen LogP contribution >= 0.6 is 23.2 Å². The Balaban J connectivity index is 2.36. The van der Waals surface area contributed by atoms with Crippen LogP contribution in [0.2, 0.25) is 10.0 Å². The Morgan fingerprint density at radius 2 is 1.69 bits per heavy atom. The third-order valence-corrected chi connectivity index (χ3v) is 7.30. The van der Waals surface area contributed by atoms with Crippen LogP contribution in [-0.2, 0) is 26.0 Å². The van der Waals surface area contributed by atoms with Gasteiger partial charge in [-0.1, -0.05) is 74.3 Å². The number of nitrogens with one attached hydrogen (secondary N) is 1. The first-order valence-electron chi connectivity index (χ1n) is 11.5. The molecule has 0 aliphatic carbocycles. The van der Waals surface area contributed by atoms with Gasteiger partial charge in [0.2, 0.25) is 21.8 Å². The minimum atomic E-state index is -3.83. The Morgan fingerprint density at radius 1 is 1.03 bits per heavy atom. The maximum Gasteiger partial charge on any atom is 0.244 e. The van der Waals surface area contributed by atoms with Crippen molar-refractivity contribution < 1.29 is 18.0 Å². The van der Waals surface area contributed by atoms with Crippen molar-refractivity contribution in [1.82, 2.24) is 10.2 Å². The molecule has 192 valence electrons. The van der Waals surface area contributed by atoms with Crippen molar-refractivity contribution in [1.29, 1.82) is 0 Å². The molecule has 0 radical (unpaired) electrons. The van der Waals surface area contributed by atoms with E-state index in [4.69, 9.17) is 23.2 Å². The molecule has 0 saturated carbocycles. The van der Waals surface area contributed by atoms with E-state index in [9.17, 15) is 18.0 Å². The molecule has 0 bridgehead atoms. The lowest BCUT2D eigenvalue weighted by Gasteiger charge is -2.33. The highest BCUT2D eigenvalue weighted by Gasteiger charge is 2.31. The molecule has 1 N–H and O–H groups in total. The lowest BCUT2D eigenvalue weighted by molar-refractivity contribution is -0.139. The van der Waals surface area contributed by atoms with Crippen LogP contribution in [0.15, 0.2) is 48.5 Å². The summed E-state index contributed by atoms with van der Waals surface area (Å²) < 4.78 is 26.2. The molecule has 0 aliphatic rings. The third kappa shape index (κ3) is 8.70. The van der Waals surface area contributed by atoms with Crippen LogP contribution in [-0.4, -0.2) is 57.1 Å². The van der Waals surface area contributed by atoms with E-state index >= 15 is 0 Å². The van der Waals surface area contributed by atoms with E-state index in [1.165, 1.54) is 23.1 Å². The normalized spacial score (nSPS) is 12.3. The highest BCUT2D eigenvalue weighted by Crippen LogP contribution is 2.28. The maximum atomic E-state index is 13.6. The smallest absolute Gasteiger partial charge is 0.244 e. The van der Waals surface area contributed by atoms with Gasteiger partial charge in [0.25, 0.3) is 0 Å². The van der Waals surface area contributed by atoms with Crippen molar-refractivity contribution in [2.45, 2.75) is 39.7 Å². The molecule has 2 rings (SSSR count). The topological polar surface area (TPSA) is 86.8 Å². The minimum Gasteiger partial charge on any atom is -0.354 e. The SMILES string of the molecule is CCC(C(=O)NCC(C)C)N(CCc1ccccc1)C(=O)CN(c1ccc(Cl)c(Cl)c1)S(C)(=O)=O. The number of anilines is 1. The van der Waals surface area contributed by atoms with Crippen LogP contribution in [0.3, 0.4) is 0 Å². The molecule has 2 aromatic carbocycles. The number of rotatable bonds is 12. The molecule has 2 amide bonds. The molecular weight excluding hydrogens is 509 g/mol. The van der Waals surface area contributed by atoms with Gasteiger partial charge in [0, 0.05) is 13.1 Å². The Morgan fingerprint density at radius 3 is 2.23 bits per heavy atom. The molecule has 7 nitrogen and oxygen atoms in total. The first-order valence-corrected chi connectivity index (χ1v) is 14.1. The van der Waals surface area contributed by atoms with E-state index in [0.717, 1.165) is 16.1 Å². The Hall–Kier alpha value is -2.29. The molecule has 0 aliphatic heterocycles. The second-order valence-corrected chi connectivity index (χ2v) is 11.5. The fourth-order valence-electron chi connectivity index (χ4n) is 3.57. The molecule has 1 unspecified atom stereocenters. The van der Waals surface area contributed by atoms with Gasteiger partial charge >= 0.3 is 0 Å². The van der Waals surface area contributed by atoms with E-state index < -0.39 is 28.5 Å². The number of carbonyl (C=O) groups is 2. The number of sulfonamides is 1. The van der Waals surface area contributed by atoms with E-state index in [-0.39, 0.29) is 34.1 Å². The number of hydrogen-bond donors (Lipinski definition) is 1. The second kappa shape index (κ2) is 13.1. The van der Waals surface area contributed by atoms with Crippen LogP contribution in [0.1, 0.15) is 32.8 Å². The van der Waals surface area contributed by atoms with Gasteiger partial charge in [-0.15, -0.1) is 0 Å². The van der Waals surface area contributed by atoms with Crippen molar-refractivity contribution >= 4 is 50.7 Å². The van der Waals surface area contributed by atoms with Crippen LogP contribution in [0, 0.1) is 5.92 Å². The van der Waals surface area contributed by atoms with Gasteiger partial charge < -0.3 is 10.2 Å². The van der Waals surface area contributed by atoms with Crippen molar-refractivity contribution in [2.75, 3.05) is 30.2 Å². The van der Waals surface area contributed by atoms with Crippen LogP contribution in [0.5, 0.6) is 0 Å². The average molecular weight is 543 g/mol. The lowest BCUT2D eigenvalue weighted by atomic mass is 10.1. The summed E-state index contributed by atoms with van der Waals surface area (Å²) in [6.45, 7) is 6.07. The monoisotopic (exact) mass is 541 g/mol. The summed E-state index contributed by atoms with van der Waals surface area (Å²) in [6.07, 6.45) is 1.92. The van der Waals surface area contributed by atoms with Crippen LogP contribution in [0.25, 0.3) is 0 Å². The lowest BCUT2D eigenvalue weighted by Crippen LogP contribution is -2.53. The maximum absolute atomic E-state index is 13.6. The molecular formula is C25H33Cl2N3O4S. The second-order valence-electron chi connectivity index (χ2n) is 8.75. The molecule has 0 heterocycles. The van der Waals surface area contributed by atoms with Gasteiger partial charge in [0.05, 0.1) is 22.0 Å². The summed E-state index contributed by atoms with van der Waals surface area (Å²) in [7, 11) is -3.83. The van der Waals surface area contributed by atoms with Crippen LogP contribution in [0.4, 0.5) is 5.69 Å². The quantitative estimate of drug-likeness (QED) is 0.431. The van der Waals surface area contributed by atoms with Gasteiger partial charge in [-0.3, -0.25) is 13.9 Å². The fraction of sp³-hybridized carbons (Fsp3) is 0.440. The highest BCUT2D eigenvalue weighted by atomic mass is 35.5. The van der Waals surface area contributed by atoms with E-state index in [1.807, 2.05) is 51.1 Å². The van der Waals surface area contributed by atoms with Gasteiger partial charge in [0.15, 0.2) is 0 Å². The summed E-state index contributed by atoms with van der Waals surface area (Å²) in [4.78, 5) is 28.0. The van der Waals surface area contributed by atoms with E-state index in [1.54, 1.807) is 0 Å². The van der Waals surface area contributed by atoms with Gasteiger partial charge in [0.1, 0.15) is 12.6 Å². The predicted octanol–water partition coefficient (Wildman–Crippen LogP) is 4.38. The zero-order chi connectivity index (χ0) is 26.2. The Bertz CT molecular complexity index is 1110. The molecule has 2 aromatic rings. The van der Waals surface area contributed by atoms with E-state index in [2.05, 4.69) is 5.32 Å². The number of amides is 2. The highest BCUT2D eigenvalue weighted by molar-refractivity contribution is 7.92. The zero-order valence-electron chi connectivity index (χ0n) is 20.5.